The largest absolute Gasteiger partial charge is 0.508 e. The quantitative estimate of drug-likeness (QED) is 0.149. The average Bonchev–Trinajstić information content (AvgIpc) is 3.78. The number of hydrogen-bond donors (Lipinski definition) is 3. The Labute approximate surface area is 307 Å². The SMILES string of the molecule is C#Cc1c(F)ccc2cc(O)cc(-c3c(C(C)(C)O)cc4c(N(C)C[C@H]5N(C(=O)C=C)CCC5(C)O)nc(OCC56CCCN5CCC6)nc4c3F)c12. The first-order valence-corrected chi connectivity index (χ1v) is 18.0. The molecular formula is C41H45F2N5O5. The monoisotopic (exact) mass is 725 g/mol. The number of carbonyl (C=O) groups excluding carboxylic acids is 1. The number of fused-ring (bicyclic) bond motifs is 3. The van der Waals surface area contributed by atoms with E-state index in [0.717, 1.165) is 38.8 Å². The van der Waals surface area contributed by atoms with Gasteiger partial charge in [0.25, 0.3) is 0 Å². The molecule has 0 aliphatic carbocycles. The molecule has 1 unspecified atom stereocenters. The molecule has 10 nitrogen and oxygen atoms in total. The van der Waals surface area contributed by atoms with Crippen LogP contribution in [-0.2, 0) is 10.4 Å². The summed E-state index contributed by atoms with van der Waals surface area (Å²) in [6, 6.07) is 6.21. The van der Waals surface area contributed by atoms with Crippen LogP contribution in [0.1, 0.15) is 64.0 Å². The second-order valence-electron chi connectivity index (χ2n) is 15.5. The summed E-state index contributed by atoms with van der Waals surface area (Å²) in [5.74, 6) is 0.535. The zero-order valence-corrected chi connectivity index (χ0v) is 30.5. The van der Waals surface area contributed by atoms with Gasteiger partial charge in [0.05, 0.1) is 28.3 Å². The first-order valence-electron chi connectivity index (χ1n) is 18.0. The maximum absolute atomic E-state index is 17.6. The molecule has 3 aliphatic heterocycles. The Bertz CT molecular complexity index is 2180. The fraction of sp³-hybridized carbons (Fsp3) is 0.439. The van der Waals surface area contributed by atoms with E-state index in [2.05, 4.69) is 22.4 Å². The van der Waals surface area contributed by atoms with E-state index in [1.807, 2.05) is 0 Å². The minimum Gasteiger partial charge on any atom is -0.508 e. The molecule has 1 aromatic heterocycles. The van der Waals surface area contributed by atoms with Gasteiger partial charge in [0.1, 0.15) is 29.5 Å². The minimum absolute atomic E-state index is 0.0679. The zero-order chi connectivity index (χ0) is 38.0. The number of aromatic hydroxyl groups is 1. The van der Waals surface area contributed by atoms with Crippen molar-refractivity contribution in [1.82, 2.24) is 19.8 Å². The molecule has 3 aromatic carbocycles. The van der Waals surface area contributed by atoms with Crippen molar-refractivity contribution >= 4 is 33.4 Å². The highest BCUT2D eigenvalue weighted by Crippen LogP contribution is 2.45. The molecule has 278 valence electrons. The number of likely N-dealkylation sites (tertiary alicyclic amines) is 1. The summed E-state index contributed by atoms with van der Waals surface area (Å²) < 4.78 is 39.2. The van der Waals surface area contributed by atoms with Crippen LogP contribution in [-0.4, -0.2) is 98.0 Å². The van der Waals surface area contributed by atoms with E-state index in [-0.39, 0.29) is 74.1 Å². The van der Waals surface area contributed by atoms with Crippen molar-refractivity contribution in [1.29, 1.82) is 0 Å². The summed E-state index contributed by atoms with van der Waals surface area (Å²) in [5, 5.41) is 34.6. The van der Waals surface area contributed by atoms with E-state index in [4.69, 9.17) is 16.1 Å². The molecule has 7 rings (SSSR count). The Morgan fingerprint density at radius 1 is 1.17 bits per heavy atom. The number of ether oxygens (including phenoxy) is 1. The third kappa shape index (κ3) is 6.24. The molecule has 3 saturated heterocycles. The molecule has 0 bridgehead atoms. The number of hydrogen-bond acceptors (Lipinski definition) is 9. The van der Waals surface area contributed by atoms with Crippen molar-refractivity contribution in [3.63, 3.8) is 0 Å². The summed E-state index contributed by atoms with van der Waals surface area (Å²) in [6.07, 6.45) is 11.4. The number of anilines is 1. The third-order valence-corrected chi connectivity index (χ3v) is 11.5. The summed E-state index contributed by atoms with van der Waals surface area (Å²) in [7, 11) is 1.73. The number of nitrogens with zero attached hydrogens (tertiary/aromatic N) is 5. The Morgan fingerprint density at radius 2 is 1.89 bits per heavy atom. The maximum atomic E-state index is 17.6. The molecule has 4 aromatic rings. The highest BCUT2D eigenvalue weighted by Gasteiger charge is 2.46. The lowest BCUT2D eigenvalue weighted by Gasteiger charge is -2.35. The lowest BCUT2D eigenvalue weighted by atomic mass is 9.84. The molecule has 53 heavy (non-hydrogen) atoms. The highest BCUT2D eigenvalue weighted by atomic mass is 19.1. The Balaban J connectivity index is 1.46. The molecule has 3 fully saturated rings. The number of aromatic nitrogens is 2. The Morgan fingerprint density at radius 3 is 2.55 bits per heavy atom. The van der Waals surface area contributed by atoms with Gasteiger partial charge < -0.3 is 29.9 Å². The van der Waals surface area contributed by atoms with Crippen molar-refractivity contribution in [3.05, 3.63) is 65.7 Å². The first kappa shape index (κ1) is 36.5. The van der Waals surface area contributed by atoms with Crippen LogP contribution in [0.25, 0.3) is 32.8 Å². The van der Waals surface area contributed by atoms with Gasteiger partial charge >= 0.3 is 6.01 Å². The van der Waals surface area contributed by atoms with Gasteiger partial charge in [-0.3, -0.25) is 9.69 Å². The van der Waals surface area contributed by atoms with Crippen molar-refractivity contribution in [2.45, 2.75) is 75.7 Å². The van der Waals surface area contributed by atoms with Gasteiger partial charge in [-0.25, -0.2) is 8.78 Å². The van der Waals surface area contributed by atoms with Crippen LogP contribution in [0.5, 0.6) is 11.8 Å². The van der Waals surface area contributed by atoms with Crippen LogP contribution in [0.15, 0.2) is 43.0 Å². The minimum atomic E-state index is -1.67. The summed E-state index contributed by atoms with van der Waals surface area (Å²) in [6.45, 7) is 11.0. The molecule has 12 heteroatoms. The van der Waals surface area contributed by atoms with Crippen LogP contribution in [0.2, 0.25) is 0 Å². The summed E-state index contributed by atoms with van der Waals surface area (Å²) in [4.78, 5) is 28.0. The Kier molecular flexibility index (Phi) is 9.12. The van der Waals surface area contributed by atoms with Crippen LogP contribution < -0.4 is 9.64 Å². The van der Waals surface area contributed by atoms with Gasteiger partial charge in [-0.2, -0.15) is 9.97 Å². The standard InChI is InChI=1S/C41H45F2N5O5/c1-7-26-30(42)12-11-24-19-25(49)20-27(33(24)26)34-29(39(3,4)51)21-28-36(35(34)43)44-38(53-23-41-13-9-16-47(41)17-10-14-41)45-37(28)46(6)22-31-40(5,52)15-18-48(31)32(50)8-2/h1,8,11-12,19-21,31,49,51-52H,2,9-10,13-18,22-23H2,3-6H3/t31-,40?/m1/s1. The van der Waals surface area contributed by atoms with Gasteiger partial charge in [0, 0.05) is 36.5 Å². The molecule has 0 radical (unpaired) electrons. The van der Waals surface area contributed by atoms with E-state index in [9.17, 15) is 20.1 Å². The van der Waals surface area contributed by atoms with Crippen LogP contribution >= 0.6 is 0 Å². The normalized spacial score (nSPS) is 21.3. The average molecular weight is 726 g/mol. The Hall–Kier alpha value is -4.83. The first-order chi connectivity index (χ1) is 25.1. The second-order valence-corrected chi connectivity index (χ2v) is 15.5. The summed E-state index contributed by atoms with van der Waals surface area (Å²) in [5.41, 5.74) is -3.27. The van der Waals surface area contributed by atoms with E-state index in [1.165, 1.54) is 44.2 Å². The second kappa shape index (κ2) is 13.2. The number of amides is 1. The third-order valence-electron chi connectivity index (χ3n) is 11.5. The van der Waals surface area contributed by atoms with Crippen LogP contribution in [0.4, 0.5) is 14.6 Å². The van der Waals surface area contributed by atoms with Gasteiger partial charge in [-0.1, -0.05) is 18.6 Å². The molecule has 0 spiro atoms. The number of carbonyl (C=O) groups is 1. The number of benzene rings is 3. The number of rotatable bonds is 9. The van der Waals surface area contributed by atoms with Crippen LogP contribution in [0, 0.1) is 24.0 Å². The maximum Gasteiger partial charge on any atom is 0.319 e. The topological polar surface area (TPSA) is 122 Å². The van der Waals surface area contributed by atoms with Crippen molar-refractivity contribution in [3.8, 4) is 35.2 Å². The van der Waals surface area contributed by atoms with Gasteiger partial charge in [0.2, 0.25) is 5.91 Å². The van der Waals surface area contributed by atoms with Gasteiger partial charge in [0.15, 0.2) is 5.82 Å². The van der Waals surface area contributed by atoms with E-state index in [0.29, 0.717) is 25.0 Å². The number of terminal acetylenes is 1. The molecule has 3 N–H and O–H groups in total. The predicted octanol–water partition coefficient (Wildman–Crippen LogP) is 5.62. The van der Waals surface area contributed by atoms with Gasteiger partial charge in [-0.05, 0) is 113 Å². The molecule has 4 heterocycles. The van der Waals surface area contributed by atoms with Crippen molar-refractivity contribution in [2.75, 3.05) is 44.7 Å². The molecule has 1 amide bonds. The van der Waals surface area contributed by atoms with Gasteiger partial charge in [-0.15, -0.1) is 6.42 Å². The number of halogens is 2. The summed E-state index contributed by atoms with van der Waals surface area (Å²) >= 11 is 0. The molecule has 2 atom stereocenters. The van der Waals surface area contributed by atoms with Crippen LogP contribution in [0.3, 0.4) is 0 Å². The zero-order valence-electron chi connectivity index (χ0n) is 30.5. The predicted molar refractivity (Wildman–Crippen MR) is 200 cm³/mol. The number of phenols is 1. The molecule has 3 aliphatic rings. The number of phenolic OH excluding ortho intramolecular Hbond substituents is 1. The lowest BCUT2D eigenvalue weighted by Crippen LogP contribution is -2.51. The molecular weight excluding hydrogens is 680 g/mol. The molecule has 0 saturated carbocycles. The van der Waals surface area contributed by atoms with Crippen molar-refractivity contribution < 1.29 is 33.6 Å². The van der Waals surface area contributed by atoms with E-state index >= 15 is 8.78 Å². The fourth-order valence-electron chi connectivity index (χ4n) is 8.74. The van der Waals surface area contributed by atoms with E-state index < -0.39 is 28.9 Å². The number of aliphatic hydroxyl groups is 2. The lowest BCUT2D eigenvalue weighted by molar-refractivity contribution is -0.128. The van der Waals surface area contributed by atoms with Crippen molar-refractivity contribution in [2.24, 2.45) is 0 Å². The smallest absolute Gasteiger partial charge is 0.319 e. The highest BCUT2D eigenvalue weighted by molar-refractivity contribution is 6.05. The van der Waals surface area contributed by atoms with E-state index in [1.54, 1.807) is 29.8 Å². The number of likely N-dealkylation sites (N-methyl/N-ethyl adjacent to an activating group) is 1. The fourth-order valence-corrected chi connectivity index (χ4v) is 8.74.